The van der Waals surface area contributed by atoms with Crippen molar-refractivity contribution in [1.29, 1.82) is 0 Å². The molecule has 0 bridgehead atoms. The minimum atomic E-state index is -4.48. The number of hydrogen-bond donors (Lipinski definition) is 1. The fourth-order valence-electron chi connectivity index (χ4n) is 3.05. The molecule has 0 aromatic carbocycles. The van der Waals surface area contributed by atoms with E-state index in [2.05, 4.69) is 19.7 Å². The first-order valence-electron chi connectivity index (χ1n) is 8.54. The average Bonchev–Trinajstić information content (AvgIpc) is 3.13. The van der Waals surface area contributed by atoms with Crippen LogP contribution in [0.3, 0.4) is 0 Å². The molecular formula is C17H16F3N5OS. The van der Waals surface area contributed by atoms with Gasteiger partial charge < -0.3 is 5.32 Å². The van der Waals surface area contributed by atoms with Gasteiger partial charge in [0.05, 0.1) is 10.6 Å². The van der Waals surface area contributed by atoms with Crippen LogP contribution in [0.4, 0.5) is 13.2 Å². The molecule has 10 heteroatoms. The van der Waals surface area contributed by atoms with Gasteiger partial charge in [0.1, 0.15) is 12.4 Å². The maximum absolute atomic E-state index is 13.2. The minimum Gasteiger partial charge on any atom is -0.339 e. The van der Waals surface area contributed by atoms with E-state index in [1.54, 1.807) is 16.7 Å². The number of hydrogen-bond acceptors (Lipinski definition) is 5. The molecule has 6 nitrogen and oxygen atoms in total. The topological polar surface area (TPSA) is 72.2 Å². The Morgan fingerprint density at radius 1 is 1.44 bits per heavy atom. The number of aromatic nitrogens is 4. The Balaban J connectivity index is 1.73. The van der Waals surface area contributed by atoms with Crippen LogP contribution in [0.15, 0.2) is 24.7 Å². The molecule has 1 amide bonds. The van der Waals surface area contributed by atoms with Crippen LogP contribution in [0.1, 0.15) is 35.9 Å². The lowest BCUT2D eigenvalue weighted by atomic mass is 10.1. The number of amides is 1. The quantitative estimate of drug-likeness (QED) is 0.718. The first kappa shape index (κ1) is 17.9. The summed E-state index contributed by atoms with van der Waals surface area (Å²) in [6.07, 6.45) is 0.152. The first-order valence-corrected chi connectivity index (χ1v) is 9.31. The van der Waals surface area contributed by atoms with Gasteiger partial charge in [0.15, 0.2) is 11.3 Å². The van der Waals surface area contributed by atoms with E-state index >= 15 is 0 Å². The minimum absolute atomic E-state index is 0.106. The second kappa shape index (κ2) is 6.59. The number of fused-ring (bicyclic) bond motifs is 1. The fraction of sp³-hybridized carbons (Fsp3) is 0.412. The van der Waals surface area contributed by atoms with E-state index in [0.717, 1.165) is 10.6 Å². The summed E-state index contributed by atoms with van der Waals surface area (Å²) in [5.74, 6) is -1.42. The summed E-state index contributed by atoms with van der Waals surface area (Å²) < 4.78 is 45.4. The van der Waals surface area contributed by atoms with E-state index in [1.807, 2.05) is 13.0 Å². The average molecular weight is 395 g/mol. The number of imidazole rings is 1. The molecule has 1 N–H and O–H groups in total. The van der Waals surface area contributed by atoms with E-state index in [1.165, 1.54) is 17.9 Å². The highest BCUT2D eigenvalue weighted by molar-refractivity contribution is 7.09. The summed E-state index contributed by atoms with van der Waals surface area (Å²) in [7, 11) is 0. The van der Waals surface area contributed by atoms with Gasteiger partial charge in [-0.2, -0.15) is 13.2 Å². The van der Waals surface area contributed by atoms with Gasteiger partial charge in [0.25, 0.3) is 5.91 Å². The molecule has 0 spiro atoms. The predicted octanol–water partition coefficient (Wildman–Crippen LogP) is 3.49. The third-order valence-electron chi connectivity index (χ3n) is 4.58. The zero-order chi connectivity index (χ0) is 19.2. The van der Waals surface area contributed by atoms with E-state index < -0.39 is 24.0 Å². The van der Waals surface area contributed by atoms with Crippen LogP contribution < -0.4 is 5.32 Å². The van der Waals surface area contributed by atoms with Crippen molar-refractivity contribution in [2.24, 2.45) is 5.92 Å². The molecule has 1 unspecified atom stereocenters. The lowest BCUT2D eigenvalue weighted by Gasteiger charge is -2.20. The Kier molecular flexibility index (Phi) is 4.37. The van der Waals surface area contributed by atoms with Gasteiger partial charge in [-0.15, -0.1) is 0 Å². The number of nitrogens with one attached hydrogen (secondary N) is 1. The Morgan fingerprint density at radius 3 is 2.81 bits per heavy atom. The van der Waals surface area contributed by atoms with Gasteiger partial charge in [0.2, 0.25) is 0 Å². The van der Waals surface area contributed by atoms with Crippen molar-refractivity contribution in [3.05, 3.63) is 36.0 Å². The zero-order valence-corrected chi connectivity index (χ0v) is 15.1. The monoisotopic (exact) mass is 395 g/mol. The van der Waals surface area contributed by atoms with Crippen LogP contribution in [-0.4, -0.2) is 36.9 Å². The van der Waals surface area contributed by atoms with Crippen molar-refractivity contribution < 1.29 is 18.0 Å². The van der Waals surface area contributed by atoms with E-state index in [4.69, 9.17) is 0 Å². The molecule has 0 saturated heterocycles. The Hall–Kier alpha value is -2.49. The molecule has 1 saturated carbocycles. The highest BCUT2D eigenvalue weighted by Crippen LogP contribution is 2.40. The second-order valence-electron chi connectivity index (χ2n) is 6.48. The van der Waals surface area contributed by atoms with Gasteiger partial charge in [-0.05, 0) is 48.8 Å². The summed E-state index contributed by atoms with van der Waals surface area (Å²) in [5, 5.41) is 2.12. The van der Waals surface area contributed by atoms with Crippen LogP contribution in [0, 0.1) is 5.92 Å². The number of alkyl halides is 3. The fourth-order valence-corrected chi connectivity index (χ4v) is 3.60. The number of rotatable bonds is 5. The van der Waals surface area contributed by atoms with Crippen LogP contribution in [-0.2, 0) is 6.42 Å². The third-order valence-corrected chi connectivity index (χ3v) is 5.35. The standard InChI is InChI=1S/C17H16F3N5OS/c1-2-10-7-11(12-5-6-22-27-12)23-15-13(21-8-25(10)15)16(26)24-14(9-3-4-9)17(18,19)20/h5-9,14H,2-4H2,1H3,(H,24,26). The Bertz CT molecular complexity index is 979. The predicted molar refractivity (Wildman–Crippen MR) is 93.5 cm³/mol. The van der Waals surface area contributed by atoms with Crippen LogP contribution in [0.2, 0.25) is 0 Å². The maximum Gasteiger partial charge on any atom is 0.408 e. The van der Waals surface area contributed by atoms with Gasteiger partial charge >= 0.3 is 6.18 Å². The number of nitrogens with zero attached hydrogens (tertiary/aromatic N) is 4. The number of aryl methyl sites for hydroxylation is 1. The van der Waals surface area contributed by atoms with E-state index in [9.17, 15) is 18.0 Å². The Labute approximate surface area is 156 Å². The number of halogens is 3. The van der Waals surface area contributed by atoms with Crippen molar-refractivity contribution in [3.8, 4) is 10.6 Å². The largest absolute Gasteiger partial charge is 0.408 e. The van der Waals surface area contributed by atoms with Gasteiger partial charge in [0, 0.05) is 11.9 Å². The molecule has 0 radical (unpaired) electrons. The first-order chi connectivity index (χ1) is 12.9. The lowest BCUT2D eigenvalue weighted by molar-refractivity contribution is -0.158. The molecule has 142 valence electrons. The second-order valence-corrected chi connectivity index (χ2v) is 7.31. The molecule has 1 atom stereocenters. The van der Waals surface area contributed by atoms with E-state index in [0.29, 0.717) is 25.0 Å². The third kappa shape index (κ3) is 3.41. The summed E-state index contributed by atoms with van der Waals surface area (Å²) in [5.41, 5.74) is 1.61. The molecule has 27 heavy (non-hydrogen) atoms. The number of carbonyl (C=O) groups excluding carboxylic acids is 1. The molecule has 4 rings (SSSR count). The van der Waals surface area contributed by atoms with Gasteiger partial charge in [-0.1, -0.05) is 6.92 Å². The van der Waals surface area contributed by atoms with Crippen molar-refractivity contribution in [2.45, 2.75) is 38.4 Å². The van der Waals surface area contributed by atoms with Crippen LogP contribution in [0.5, 0.6) is 0 Å². The molecule has 1 aliphatic rings. The Morgan fingerprint density at radius 2 is 2.22 bits per heavy atom. The summed E-state index contributed by atoms with van der Waals surface area (Å²) in [6.45, 7) is 1.94. The molecule has 3 heterocycles. The molecular weight excluding hydrogens is 379 g/mol. The SMILES string of the molecule is CCc1cc(-c2ccns2)nc2c(C(=O)NC(C3CC3)C(F)(F)F)ncn12. The molecule has 0 aliphatic heterocycles. The molecule has 3 aromatic rings. The number of carbonyl (C=O) groups is 1. The van der Waals surface area contributed by atoms with Gasteiger partial charge in [-0.3, -0.25) is 9.20 Å². The highest BCUT2D eigenvalue weighted by atomic mass is 32.1. The normalized spacial score (nSPS) is 15.9. The molecule has 1 fully saturated rings. The smallest absolute Gasteiger partial charge is 0.339 e. The molecule has 3 aromatic heterocycles. The van der Waals surface area contributed by atoms with Gasteiger partial charge in [-0.25, -0.2) is 14.3 Å². The maximum atomic E-state index is 13.2. The van der Waals surface area contributed by atoms with Crippen molar-refractivity contribution >= 4 is 23.1 Å². The van der Waals surface area contributed by atoms with Crippen LogP contribution in [0.25, 0.3) is 16.2 Å². The molecule has 1 aliphatic carbocycles. The van der Waals surface area contributed by atoms with Crippen LogP contribution >= 0.6 is 11.5 Å². The van der Waals surface area contributed by atoms with E-state index in [-0.39, 0.29) is 11.3 Å². The highest BCUT2D eigenvalue weighted by Gasteiger charge is 2.50. The van der Waals surface area contributed by atoms with Crippen molar-refractivity contribution in [3.63, 3.8) is 0 Å². The van der Waals surface area contributed by atoms with Crippen molar-refractivity contribution in [1.82, 2.24) is 24.1 Å². The summed E-state index contributed by atoms with van der Waals surface area (Å²) >= 11 is 1.26. The summed E-state index contributed by atoms with van der Waals surface area (Å²) in [6, 6.07) is 1.82. The van der Waals surface area contributed by atoms with Crippen molar-refractivity contribution in [2.75, 3.05) is 0 Å². The lowest BCUT2D eigenvalue weighted by Crippen LogP contribution is -2.47. The zero-order valence-electron chi connectivity index (χ0n) is 14.3. The summed E-state index contributed by atoms with van der Waals surface area (Å²) in [4.78, 5) is 21.9.